The molecule has 1 heterocycles. The van der Waals surface area contributed by atoms with Gasteiger partial charge in [-0.1, -0.05) is 54.1 Å². The lowest BCUT2D eigenvalue weighted by atomic mass is 10.1. The van der Waals surface area contributed by atoms with Gasteiger partial charge in [-0.2, -0.15) is 5.10 Å². The summed E-state index contributed by atoms with van der Waals surface area (Å²) in [5.74, 6) is -0.339. The molecule has 0 bridgehead atoms. The second-order valence-corrected chi connectivity index (χ2v) is 7.97. The molecular weight excluding hydrogens is 446 g/mol. The number of benzene rings is 2. The number of carbonyl (C=O) groups is 2. The quantitative estimate of drug-likeness (QED) is 0.474. The maximum absolute atomic E-state index is 11.7. The van der Waals surface area contributed by atoms with Gasteiger partial charge in [-0.25, -0.2) is 4.68 Å². The van der Waals surface area contributed by atoms with E-state index in [-0.39, 0.29) is 30.5 Å². The molecule has 0 radical (unpaired) electrons. The molecule has 186 valence electrons. The number of amides is 1. The minimum Gasteiger partial charge on any atom is -0.466 e. The van der Waals surface area contributed by atoms with Crippen LogP contribution >= 0.6 is 0 Å². The number of hydrogen-bond acceptors (Lipinski definition) is 6. The summed E-state index contributed by atoms with van der Waals surface area (Å²) in [6.45, 7) is 7.09. The number of ether oxygens (including phenoxy) is 2. The molecule has 0 aliphatic carbocycles. The van der Waals surface area contributed by atoms with Gasteiger partial charge in [0.05, 0.1) is 25.3 Å². The zero-order valence-corrected chi connectivity index (χ0v) is 20.7. The largest absolute Gasteiger partial charge is 0.466 e. The Morgan fingerprint density at radius 1 is 0.971 bits per heavy atom. The standard InChI is InChI=1S/C16H18N2O3.C11H15NO2/c1-3-21-16(20)10-13-5-4-6-14(9-13)11-18-15(19)8-7-12(2)17-18;1-9-3-5-10(6-4-9)7-12-11(13)8-14-2/h4-9H,3,10-11H2,1-2H3;3-6H,7-8H2,1-2H3,(H,12,13). The molecule has 35 heavy (non-hydrogen) atoms. The van der Waals surface area contributed by atoms with Crippen molar-refractivity contribution in [3.8, 4) is 0 Å². The van der Waals surface area contributed by atoms with Crippen molar-refractivity contribution in [3.63, 3.8) is 0 Å². The summed E-state index contributed by atoms with van der Waals surface area (Å²) in [5, 5.41) is 6.96. The Kier molecular flexibility index (Phi) is 11.4. The number of aryl methyl sites for hydroxylation is 2. The van der Waals surface area contributed by atoms with Gasteiger partial charge in [-0.05, 0) is 43.5 Å². The van der Waals surface area contributed by atoms with Crippen LogP contribution in [0.15, 0.2) is 65.5 Å². The number of rotatable bonds is 9. The van der Waals surface area contributed by atoms with Crippen molar-refractivity contribution in [1.29, 1.82) is 0 Å². The summed E-state index contributed by atoms with van der Waals surface area (Å²) in [6, 6.07) is 18.8. The van der Waals surface area contributed by atoms with Gasteiger partial charge < -0.3 is 14.8 Å². The number of hydrogen-bond donors (Lipinski definition) is 1. The first-order valence-corrected chi connectivity index (χ1v) is 11.4. The van der Waals surface area contributed by atoms with E-state index >= 15 is 0 Å². The number of methoxy groups -OCH3 is 1. The lowest BCUT2D eigenvalue weighted by Crippen LogP contribution is -2.26. The first-order valence-electron chi connectivity index (χ1n) is 11.4. The third-order valence-electron chi connectivity index (χ3n) is 4.86. The zero-order valence-electron chi connectivity index (χ0n) is 20.7. The minimum atomic E-state index is -0.250. The highest BCUT2D eigenvalue weighted by Gasteiger charge is 2.06. The molecule has 1 amide bonds. The van der Waals surface area contributed by atoms with Gasteiger partial charge >= 0.3 is 5.97 Å². The summed E-state index contributed by atoms with van der Waals surface area (Å²) >= 11 is 0. The van der Waals surface area contributed by atoms with E-state index < -0.39 is 0 Å². The number of nitrogens with zero attached hydrogens (tertiary/aromatic N) is 2. The second kappa shape index (κ2) is 14.5. The maximum atomic E-state index is 11.7. The molecule has 3 rings (SSSR count). The first kappa shape index (κ1) is 27.5. The van der Waals surface area contributed by atoms with Gasteiger partial charge in [0.2, 0.25) is 5.91 Å². The van der Waals surface area contributed by atoms with Crippen molar-refractivity contribution in [2.75, 3.05) is 20.3 Å². The van der Waals surface area contributed by atoms with Crippen LogP contribution in [0.5, 0.6) is 0 Å². The minimum absolute atomic E-state index is 0.0897. The summed E-state index contributed by atoms with van der Waals surface area (Å²) in [5.41, 5.74) is 4.76. The molecule has 0 saturated heterocycles. The van der Waals surface area contributed by atoms with Crippen molar-refractivity contribution in [2.45, 2.75) is 40.3 Å². The maximum Gasteiger partial charge on any atom is 0.310 e. The van der Waals surface area contributed by atoms with Crippen LogP contribution in [0.2, 0.25) is 0 Å². The number of carbonyl (C=O) groups excluding carboxylic acids is 2. The second-order valence-electron chi connectivity index (χ2n) is 7.97. The molecule has 1 N–H and O–H groups in total. The fourth-order valence-corrected chi connectivity index (χ4v) is 3.14. The molecule has 0 atom stereocenters. The molecule has 2 aromatic carbocycles. The lowest BCUT2D eigenvalue weighted by molar-refractivity contribution is -0.142. The molecule has 1 aromatic heterocycles. The predicted octanol–water partition coefficient (Wildman–Crippen LogP) is 2.96. The van der Waals surface area contributed by atoms with Crippen LogP contribution in [-0.4, -0.2) is 42.0 Å². The third-order valence-corrected chi connectivity index (χ3v) is 4.86. The summed E-state index contributed by atoms with van der Waals surface area (Å²) in [6.07, 6.45) is 0.234. The fourth-order valence-electron chi connectivity index (χ4n) is 3.14. The van der Waals surface area contributed by atoms with Crippen LogP contribution in [0.4, 0.5) is 0 Å². The normalized spacial score (nSPS) is 10.2. The zero-order chi connectivity index (χ0) is 25.6. The van der Waals surface area contributed by atoms with Crippen LogP contribution in [0.25, 0.3) is 0 Å². The first-order chi connectivity index (χ1) is 16.8. The molecule has 0 aliphatic rings. The van der Waals surface area contributed by atoms with Crippen molar-refractivity contribution in [3.05, 3.63) is 99.0 Å². The summed E-state index contributed by atoms with van der Waals surface area (Å²) < 4.78 is 11.0. The van der Waals surface area contributed by atoms with Crippen LogP contribution in [0.3, 0.4) is 0 Å². The Hall–Kier alpha value is -3.78. The molecule has 3 aromatic rings. The number of aromatic nitrogens is 2. The van der Waals surface area contributed by atoms with Crippen LogP contribution in [0.1, 0.15) is 34.9 Å². The average molecular weight is 480 g/mol. The monoisotopic (exact) mass is 479 g/mol. The van der Waals surface area contributed by atoms with Gasteiger partial charge in [-0.15, -0.1) is 0 Å². The Morgan fingerprint density at radius 2 is 1.69 bits per heavy atom. The Bertz CT molecular complexity index is 1160. The molecule has 0 saturated carbocycles. The Morgan fingerprint density at radius 3 is 2.37 bits per heavy atom. The lowest BCUT2D eigenvalue weighted by Gasteiger charge is -2.07. The fraction of sp³-hybridized carbons (Fsp3) is 0.333. The molecule has 8 heteroatoms. The molecule has 8 nitrogen and oxygen atoms in total. The highest BCUT2D eigenvalue weighted by Crippen LogP contribution is 2.08. The van der Waals surface area contributed by atoms with Crippen LogP contribution in [0, 0.1) is 13.8 Å². The van der Waals surface area contributed by atoms with E-state index in [9.17, 15) is 14.4 Å². The highest BCUT2D eigenvalue weighted by molar-refractivity contribution is 5.77. The van der Waals surface area contributed by atoms with Gasteiger partial charge in [-0.3, -0.25) is 14.4 Å². The van der Waals surface area contributed by atoms with Crippen molar-refractivity contribution in [2.24, 2.45) is 0 Å². The van der Waals surface area contributed by atoms with E-state index in [1.165, 1.54) is 23.4 Å². The van der Waals surface area contributed by atoms with E-state index in [4.69, 9.17) is 9.47 Å². The molecule has 0 unspecified atom stereocenters. The Labute approximate surface area is 205 Å². The summed E-state index contributed by atoms with van der Waals surface area (Å²) in [7, 11) is 1.51. The Balaban J connectivity index is 0.000000269. The number of nitrogens with one attached hydrogen (secondary N) is 1. The third kappa shape index (κ3) is 10.4. The average Bonchev–Trinajstić information content (AvgIpc) is 2.82. The SMILES string of the molecule is CCOC(=O)Cc1cccc(Cn2nc(C)ccc2=O)c1.COCC(=O)NCc1ccc(C)cc1. The van der Waals surface area contributed by atoms with Gasteiger partial charge in [0.25, 0.3) is 5.56 Å². The summed E-state index contributed by atoms with van der Waals surface area (Å²) in [4.78, 5) is 34.3. The van der Waals surface area contributed by atoms with E-state index in [1.807, 2.05) is 62.4 Å². The van der Waals surface area contributed by atoms with Crippen LogP contribution < -0.4 is 10.9 Å². The van der Waals surface area contributed by atoms with Crippen molar-refractivity contribution >= 4 is 11.9 Å². The van der Waals surface area contributed by atoms with Gasteiger partial charge in [0.15, 0.2) is 0 Å². The van der Waals surface area contributed by atoms with Gasteiger partial charge in [0, 0.05) is 19.7 Å². The predicted molar refractivity (Wildman–Crippen MR) is 134 cm³/mol. The smallest absolute Gasteiger partial charge is 0.310 e. The van der Waals surface area contributed by atoms with Crippen LogP contribution in [-0.2, 0) is 38.6 Å². The molecule has 0 aliphatic heterocycles. The van der Waals surface area contributed by atoms with E-state index in [1.54, 1.807) is 13.0 Å². The van der Waals surface area contributed by atoms with E-state index in [2.05, 4.69) is 10.4 Å². The molecular formula is C27H33N3O5. The van der Waals surface area contributed by atoms with E-state index in [0.29, 0.717) is 19.7 Å². The van der Waals surface area contributed by atoms with Crippen molar-refractivity contribution in [1.82, 2.24) is 15.1 Å². The molecule has 0 spiro atoms. The highest BCUT2D eigenvalue weighted by atomic mass is 16.5. The van der Waals surface area contributed by atoms with E-state index in [0.717, 1.165) is 22.4 Å². The number of esters is 1. The van der Waals surface area contributed by atoms with Crippen molar-refractivity contribution < 1.29 is 19.1 Å². The molecule has 0 fully saturated rings. The topological polar surface area (TPSA) is 99.5 Å². The van der Waals surface area contributed by atoms with Gasteiger partial charge in [0.1, 0.15) is 6.61 Å².